The van der Waals surface area contributed by atoms with Gasteiger partial charge in [-0.2, -0.15) is 0 Å². The predicted octanol–water partition coefficient (Wildman–Crippen LogP) is 4.21. The summed E-state index contributed by atoms with van der Waals surface area (Å²) in [6.45, 7) is 0.246. The second-order valence-corrected chi connectivity index (χ2v) is 9.68. The van der Waals surface area contributed by atoms with Gasteiger partial charge in [0.05, 0.1) is 26.5 Å². The van der Waals surface area contributed by atoms with E-state index in [1.165, 1.54) is 36.6 Å². The molecule has 1 amide bonds. The van der Waals surface area contributed by atoms with Gasteiger partial charge in [-0.1, -0.05) is 12.1 Å². The molecule has 6 nitrogen and oxygen atoms in total. The zero-order valence-corrected chi connectivity index (χ0v) is 18.0. The van der Waals surface area contributed by atoms with E-state index in [-0.39, 0.29) is 28.0 Å². The van der Waals surface area contributed by atoms with Crippen molar-refractivity contribution in [1.29, 1.82) is 0 Å². The third-order valence-corrected chi connectivity index (χ3v) is 7.52. The number of benzene rings is 2. The lowest BCUT2D eigenvalue weighted by Gasteiger charge is -2.09. The van der Waals surface area contributed by atoms with E-state index in [1.54, 1.807) is 24.5 Å². The first kappa shape index (κ1) is 21.0. The van der Waals surface area contributed by atoms with Crippen molar-refractivity contribution < 1.29 is 22.3 Å². The number of thiophene rings is 1. The molecule has 0 saturated carbocycles. The summed E-state index contributed by atoms with van der Waals surface area (Å²) in [6.07, 6.45) is 3.39. The van der Waals surface area contributed by atoms with E-state index >= 15 is 0 Å². The van der Waals surface area contributed by atoms with Gasteiger partial charge in [0, 0.05) is 25.0 Å². The summed E-state index contributed by atoms with van der Waals surface area (Å²) in [4.78, 5) is 17.0. The fourth-order valence-electron chi connectivity index (χ4n) is 3.00. The molecule has 0 atom stereocenters. The topological polar surface area (TPSA) is 85.4 Å². The van der Waals surface area contributed by atoms with E-state index in [1.807, 2.05) is 12.1 Å². The van der Waals surface area contributed by atoms with E-state index in [0.717, 1.165) is 27.8 Å². The molecule has 0 unspecified atom stereocenters. The Bertz CT molecular complexity index is 1330. The Labute approximate surface area is 182 Å². The predicted molar refractivity (Wildman–Crippen MR) is 116 cm³/mol. The van der Waals surface area contributed by atoms with Crippen molar-refractivity contribution in [2.45, 2.75) is 16.3 Å². The second-order valence-electron chi connectivity index (χ2n) is 6.65. The number of rotatable bonds is 6. The van der Waals surface area contributed by atoms with Gasteiger partial charge in [-0.25, -0.2) is 12.8 Å². The van der Waals surface area contributed by atoms with Gasteiger partial charge in [-0.15, -0.1) is 11.3 Å². The molecule has 0 aliphatic rings. The zero-order valence-electron chi connectivity index (χ0n) is 16.3. The van der Waals surface area contributed by atoms with Gasteiger partial charge in [0.15, 0.2) is 11.6 Å². The van der Waals surface area contributed by atoms with E-state index in [0.29, 0.717) is 4.88 Å². The van der Waals surface area contributed by atoms with Crippen LogP contribution in [-0.4, -0.2) is 26.4 Å². The lowest BCUT2D eigenvalue weighted by molar-refractivity contribution is 0.0955. The highest BCUT2D eigenvalue weighted by molar-refractivity contribution is 7.91. The van der Waals surface area contributed by atoms with Crippen LogP contribution in [0.2, 0.25) is 0 Å². The van der Waals surface area contributed by atoms with E-state index in [9.17, 15) is 17.6 Å². The van der Waals surface area contributed by atoms with Crippen molar-refractivity contribution in [3.05, 3.63) is 83.2 Å². The average molecular weight is 457 g/mol. The quantitative estimate of drug-likeness (QED) is 0.440. The highest BCUT2D eigenvalue weighted by Crippen LogP contribution is 2.27. The molecule has 158 valence electrons. The Hall–Kier alpha value is -3.30. The average Bonchev–Trinajstić information content (AvgIpc) is 3.22. The summed E-state index contributed by atoms with van der Waals surface area (Å²) in [5.74, 6) is -0.990. The fraction of sp³-hybridized carbons (Fsp3) is 0.0909. The van der Waals surface area contributed by atoms with Crippen molar-refractivity contribution in [3.63, 3.8) is 0 Å². The minimum atomic E-state index is -3.83. The molecule has 2 heterocycles. The number of hydrogen-bond acceptors (Lipinski definition) is 6. The molecule has 0 saturated heterocycles. The molecular weight excluding hydrogens is 439 g/mol. The summed E-state index contributed by atoms with van der Waals surface area (Å²) in [5.41, 5.74) is 0.742. The van der Waals surface area contributed by atoms with Crippen LogP contribution < -0.4 is 10.1 Å². The summed E-state index contributed by atoms with van der Waals surface area (Å²) >= 11 is 1.36. The molecule has 31 heavy (non-hydrogen) atoms. The number of ether oxygens (including phenoxy) is 1. The van der Waals surface area contributed by atoms with Crippen molar-refractivity contribution in [2.75, 3.05) is 7.11 Å². The van der Waals surface area contributed by atoms with Gasteiger partial charge in [-0.3, -0.25) is 9.78 Å². The number of carbonyl (C=O) groups excluding carboxylic acids is 1. The van der Waals surface area contributed by atoms with E-state index < -0.39 is 15.7 Å². The zero-order chi connectivity index (χ0) is 22.0. The number of pyridine rings is 1. The molecule has 0 bridgehead atoms. The van der Waals surface area contributed by atoms with Crippen molar-refractivity contribution in [3.8, 4) is 5.75 Å². The molecule has 4 rings (SSSR count). The molecule has 2 aromatic carbocycles. The molecule has 2 aromatic heterocycles. The standard InChI is InChI=1S/C22H17FN2O4S2/c1-29-19-11-17(6-7-18(19)23)31(27,28)16-4-2-14(3-5-16)12-25-22(26)20-10-15-8-9-24-13-21(15)30-20/h2-11,13H,12H2,1H3,(H,25,26). The van der Waals surface area contributed by atoms with E-state index in [2.05, 4.69) is 10.3 Å². The first-order valence-electron chi connectivity index (χ1n) is 9.18. The normalized spacial score (nSPS) is 11.4. The maximum Gasteiger partial charge on any atom is 0.261 e. The molecule has 9 heteroatoms. The Morgan fingerprint density at radius 3 is 2.55 bits per heavy atom. The van der Waals surface area contributed by atoms with Gasteiger partial charge >= 0.3 is 0 Å². The van der Waals surface area contributed by atoms with Crippen molar-refractivity contribution >= 4 is 37.2 Å². The number of carbonyl (C=O) groups is 1. The summed E-state index contributed by atoms with van der Waals surface area (Å²) in [5, 5.41) is 3.79. The Balaban J connectivity index is 1.47. The Kier molecular flexibility index (Phi) is 5.71. The van der Waals surface area contributed by atoms with Crippen LogP contribution in [0.3, 0.4) is 0 Å². The molecule has 0 aliphatic heterocycles. The minimum Gasteiger partial charge on any atom is -0.494 e. The van der Waals surface area contributed by atoms with Crippen LogP contribution in [-0.2, 0) is 16.4 Å². The third-order valence-electron chi connectivity index (χ3n) is 4.67. The summed E-state index contributed by atoms with van der Waals surface area (Å²) < 4.78 is 45.0. The van der Waals surface area contributed by atoms with Crippen molar-refractivity contribution in [2.24, 2.45) is 0 Å². The number of halogens is 1. The number of nitrogens with zero attached hydrogens (tertiary/aromatic N) is 1. The highest BCUT2D eigenvalue weighted by atomic mass is 32.2. The molecule has 4 aromatic rings. The monoisotopic (exact) mass is 456 g/mol. The van der Waals surface area contributed by atoms with Crippen LogP contribution in [0.4, 0.5) is 4.39 Å². The maximum atomic E-state index is 13.6. The van der Waals surface area contributed by atoms with Crippen LogP contribution >= 0.6 is 11.3 Å². The van der Waals surface area contributed by atoms with Gasteiger partial charge in [-0.05, 0) is 47.3 Å². The highest BCUT2D eigenvalue weighted by Gasteiger charge is 2.20. The van der Waals surface area contributed by atoms with Crippen LogP contribution in [0.25, 0.3) is 10.1 Å². The maximum absolute atomic E-state index is 13.6. The smallest absolute Gasteiger partial charge is 0.261 e. The molecule has 0 fully saturated rings. The number of nitrogens with one attached hydrogen (secondary N) is 1. The Morgan fingerprint density at radius 1 is 1.10 bits per heavy atom. The van der Waals surface area contributed by atoms with Gasteiger partial charge in [0.2, 0.25) is 9.84 Å². The largest absolute Gasteiger partial charge is 0.494 e. The van der Waals surface area contributed by atoms with Crippen LogP contribution in [0.5, 0.6) is 5.75 Å². The van der Waals surface area contributed by atoms with Crippen LogP contribution in [0.1, 0.15) is 15.2 Å². The number of amides is 1. The fourth-order valence-corrected chi connectivity index (χ4v) is 5.22. The molecule has 0 radical (unpaired) electrons. The lowest BCUT2D eigenvalue weighted by Crippen LogP contribution is -2.21. The molecule has 1 N–H and O–H groups in total. The minimum absolute atomic E-state index is 0.0632. The number of fused-ring (bicyclic) bond motifs is 1. The van der Waals surface area contributed by atoms with Crippen molar-refractivity contribution in [1.82, 2.24) is 10.3 Å². The summed E-state index contributed by atoms with van der Waals surface area (Å²) in [7, 11) is -2.56. The molecule has 0 spiro atoms. The van der Waals surface area contributed by atoms with Crippen LogP contribution in [0.15, 0.2) is 76.8 Å². The number of sulfone groups is 1. The number of hydrogen-bond donors (Lipinski definition) is 1. The number of aromatic nitrogens is 1. The van der Waals surface area contributed by atoms with Gasteiger partial charge in [0.25, 0.3) is 5.91 Å². The first-order chi connectivity index (χ1) is 14.9. The summed E-state index contributed by atoms with van der Waals surface area (Å²) in [6, 6.07) is 13.2. The van der Waals surface area contributed by atoms with Gasteiger partial charge in [0.1, 0.15) is 0 Å². The van der Waals surface area contributed by atoms with Gasteiger partial charge < -0.3 is 10.1 Å². The second kappa shape index (κ2) is 8.44. The SMILES string of the molecule is COc1cc(S(=O)(=O)c2ccc(CNC(=O)c3cc4ccncc4s3)cc2)ccc1F. The van der Waals surface area contributed by atoms with Crippen LogP contribution in [0, 0.1) is 5.82 Å². The lowest BCUT2D eigenvalue weighted by atomic mass is 10.2. The molecular formula is C22H17FN2O4S2. The molecule has 0 aliphatic carbocycles. The Morgan fingerprint density at radius 2 is 1.84 bits per heavy atom. The first-order valence-corrected chi connectivity index (χ1v) is 11.5. The van der Waals surface area contributed by atoms with E-state index in [4.69, 9.17) is 4.74 Å². The third kappa shape index (κ3) is 4.28. The number of methoxy groups -OCH3 is 1.